The van der Waals surface area contributed by atoms with E-state index in [4.69, 9.17) is 4.52 Å². The smallest absolute Gasteiger partial charge is 0.240 e. The Hall–Kier alpha value is -1.43. The summed E-state index contributed by atoms with van der Waals surface area (Å²) in [5.41, 5.74) is 0. The number of carbonyl (C=O) groups is 1. The van der Waals surface area contributed by atoms with Crippen LogP contribution in [0.25, 0.3) is 0 Å². The topological polar surface area (TPSA) is 62.5 Å². The minimum Gasteiger partial charge on any atom is -0.340 e. The number of piperazine rings is 1. The maximum Gasteiger partial charge on any atom is 0.240 e. The minimum atomic E-state index is 0.278. The molecule has 1 saturated heterocycles. The quantitative estimate of drug-likeness (QED) is 0.852. The van der Waals surface area contributed by atoms with Crippen molar-refractivity contribution < 1.29 is 9.32 Å². The van der Waals surface area contributed by atoms with E-state index in [1.54, 1.807) is 0 Å². The highest BCUT2D eigenvalue weighted by Crippen LogP contribution is 2.26. The lowest BCUT2D eigenvalue weighted by atomic mass is 9.88. The Bertz CT molecular complexity index is 514. The zero-order chi connectivity index (χ0) is 16.2. The van der Waals surface area contributed by atoms with E-state index in [1.807, 2.05) is 0 Å². The molecular formula is C17H28N4O2. The van der Waals surface area contributed by atoms with Crippen molar-refractivity contribution in [3.8, 4) is 0 Å². The molecule has 6 nitrogen and oxygen atoms in total. The molecule has 3 rings (SSSR count). The second kappa shape index (κ2) is 7.43. The number of carbonyl (C=O) groups excluding carboxylic acids is 1. The van der Waals surface area contributed by atoms with Crippen LogP contribution in [0.5, 0.6) is 0 Å². The summed E-state index contributed by atoms with van der Waals surface area (Å²) in [6, 6.07) is 0. The van der Waals surface area contributed by atoms with Gasteiger partial charge in [-0.05, 0) is 12.8 Å². The van der Waals surface area contributed by atoms with Crippen molar-refractivity contribution >= 4 is 5.91 Å². The van der Waals surface area contributed by atoms with Gasteiger partial charge in [-0.25, -0.2) is 0 Å². The van der Waals surface area contributed by atoms with Crippen molar-refractivity contribution in [3.63, 3.8) is 0 Å². The lowest BCUT2D eigenvalue weighted by Gasteiger charge is -2.36. The standard InChI is InChI=1S/C17H28N4O2/c1-13(2)16-18-15(23-19-16)12-20-8-10-21(11-9-20)17(22)14-6-4-3-5-7-14/h13-14H,3-12H2,1-2H3. The van der Waals surface area contributed by atoms with Crippen LogP contribution in [0.15, 0.2) is 4.52 Å². The molecule has 1 aromatic heterocycles. The van der Waals surface area contributed by atoms with Crippen LogP contribution in [0.2, 0.25) is 0 Å². The number of hydrogen-bond acceptors (Lipinski definition) is 5. The largest absolute Gasteiger partial charge is 0.340 e. The van der Waals surface area contributed by atoms with Crippen LogP contribution in [-0.2, 0) is 11.3 Å². The Morgan fingerprint density at radius 1 is 1.17 bits per heavy atom. The van der Waals surface area contributed by atoms with Crippen molar-refractivity contribution in [2.24, 2.45) is 5.92 Å². The average molecular weight is 320 g/mol. The average Bonchev–Trinajstić information content (AvgIpc) is 3.04. The molecule has 2 fully saturated rings. The monoisotopic (exact) mass is 320 g/mol. The maximum absolute atomic E-state index is 12.6. The number of hydrogen-bond donors (Lipinski definition) is 0. The maximum atomic E-state index is 12.6. The zero-order valence-corrected chi connectivity index (χ0v) is 14.3. The van der Waals surface area contributed by atoms with Gasteiger partial charge in [0.1, 0.15) is 0 Å². The van der Waals surface area contributed by atoms with Gasteiger partial charge in [0.25, 0.3) is 0 Å². The van der Waals surface area contributed by atoms with Gasteiger partial charge in [-0.2, -0.15) is 4.98 Å². The highest BCUT2D eigenvalue weighted by molar-refractivity contribution is 5.79. The predicted molar refractivity (Wildman–Crippen MR) is 86.8 cm³/mol. The Kier molecular flexibility index (Phi) is 5.30. The first kappa shape index (κ1) is 16.4. The Morgan fingerprint density at radius 3 is 2.48 bits per heavy atom. The molecule has 0 N–H and O–H groups in total. The molecule has 1 saturated carbocycles. The summed E-state index contributed by atoms with van der Waals surface area (Å²) in [6.45, 7) is 8.22. The summed E-state index contributed by atoms with van der Waals surface area (Å²) < 4.78 is 5.31. The van der Waals surface area contributed by atoms with Crippen LogP contribution in [0.3, 0.4) is 0 Å². The Morgan fingerprint density at radius 2 is 1.87 bits per heavy atom. The molecule has 1 aromatic rings. The van der Waals surface area contributed by atoms with Crippen molar-refractivity contribution in [1.29, 1.82) is 0 Å². The van der Waals surface area contributed by atoms with Gasteiger partial charge in [0.05, 0.1) is 6.54 Å². The van der Waals surface area contributed by atoms with Gasteiger partial charge in [-0.1, -0.05) is 38.3 Å². The lowest BCUT2D eigenvalue weighted by Crippen LogP contribution is -2.50. The zero-order valence-electron chi connectivity index (χ0n) is 14.3. The van der Waals surface area contributed by atoms with E-state index in [-0.39, 0.29) is 11.8 Å². The molecule has 0 atom stereocenters. The molecular weight excluding hydrogens is 292 g/mol. The second-order valence-corrected chi connectivity index (χ2v) is 7.14. The first-order valence-corrected chi connectivity index (χ1v) is 8.97. The van der Waals surface area contributed by atoms with Gasteiger partial charge >= 0.3 is 0 Å². The minimum absolute atomic E-state index is 0.278. The second-order valence-electron chi connectivity index (χ2n) is 7.14. The first-order chi connectivity index (χ1) is 11.1. The van der Waals surface area contributed by atoms with Gasteiger partial charge in [0, 0.05) is 38.0 Å². The Balaban J connectivity index is 1.47. The highest BCUT2D eigenvalue weighted by atomic mass is 16.5. The molecule has 0 spiro atoms. The van der Waals surface area contributed by atoms with E-state index >= 15 is 0 Å². The Labute approximate surface area is 138 Å². The van der Waals surface area contributed by atoms with Gasteiger partial charge in [0.15, 0.2) is 5.82 Å². The molecule has 2 aliphatic rings. The number of rotatable bonds is 4. The van der Waals surface area contributed by atoms with Crippen LogP contribution in [0, 0.1) is 5.92 Å². The summed E-state index contributed by atoms with van der Waals surface area (Å²) >= 11 is 0. The number of aromatic nitrogens is 2. The van der Waals surface area contributed by atoms with Crippen molar-refractivity contribution in [1.82, 2.24) is 19.9 Å². The normalized spacial score (nSPS) is 21.1. The third kappa shape index (κ3) is 4.10. The lowest BCUT2D eigenvalue weighted by molar-refractivity contribution is -0.138. The summed E-state index contributed by atoms with van der Waals surface area (Å²) in [5.74, 6) is 2.40. The predicted octanol–water partition coefficient (Wildman–Crippen LogP) is 2.42. The third-order valence-electron chi connectivity index (χ3n) is 5.00. The van der Waals surface area contributed by atoms with Gasteiger partial charge in [-0.3, -0.25) is 9.69 Å². The molecule has 0 unspecified atom stereocenters. The van der Waals surface area contributed by atoms with Crippen molar-refractivity contribution in [2.75, 3.05) is 26.2 Å². The molecule has 1 aliphatic heterocycles. The summed E-state index contributed by atoms with van der Waals surface area (Å²) in [4.78, 5) is 21.3. The number of nitrogens with zero attached hydrogens (tertiary/aromatic N) is 4. The highest BCUT2D eigenvalue weighted by Gasteiger charge is 2.28. The van der Waals surface area contributed by atoms with Gasteiger partial charge in [0.2, 0.25) is 11.8 Å². The van der Waals surface area contributed by atoms with Crippen LogP contribution >= 0.6 is 0 Å². The summed E-state index contributed by atoms with van der Waals surface area (Å²) in [5, 5.41) is 4.01. The van der Waals surface area contributed by atoms with E-state index in [0.29, 0.717) is 18.3 Å². The molecule has 1 amide bonds. The molecule has 128 valence electrons. The first-order valence-electron chi connectivity index (χ1n) is 8.97. The van der Waals surface area contributed by atoms with Crippen LogP contribution in [0.4, 0.5) is 0 Å². The molecule has 6 heteroatoms. The fraction of sp³-hybridized carbons (Fsp3) is 0.824. The molecule has 2 heterocycles. The van der Waals surface area contributed by atoms with E-state index in [9.17, 15) is 4.79 Å². The van der Waals surface area contributed by atoms with E-state index in [2.05, 4.69) is 33.8 Å². The molecule has 1 aliphatic carbocycles. The molecule has 0 radical (unpaired) electrons. The number of amides is 1. The molecule has 23 heavy (non-hydrogen) atoms. The van der Waals surface area contributed by atoms with E-state index < -0.39 is 0 Å². The molecule has 0 bridgehead atoms. The molecule has 0 aromatic carbocycles. The van der Waals surface area contributed by atoms with Gasteiger partial charge in [-0.15, -0.1) is 0 Å². The van der Waals surface area contributed by atoms with E-state index in [1.165, 1.54) is 19.3 Å². The summed E-state index contributed by atoms with van der Waals surface area (Å²) in [6.07, 6.45) is 5.88. The fourth-order valence-electron chi connectivity index (χ4n) is 3.49. The van der Waals surface area contributed by atoms with Crippen molar-refractivity contribution in [3.05, 3.63) is 11.7 Å². The van der Waals surface area contributed by atoms with Crippen LogP contribution < -0.4 is 0 Å². The SMILES string of the molecule is CC(C)c1noc(CN2CCN(C(=O)C3CCCCC3)CC2)n1. The van der Waals surface area contributed by atoms with Crippen LogP contribution in [0.1, 0.15) is 63.6 Å². The fourth-order valence-corrected chi connectivity index (χ4v) is 3.49. The van der Waals surface area contributed by atoms with Crippen molar-refractivity contribution in [2.45, 2.75) is 58.4 Å². The van der Waals surface area contributed by atoms with E-state index in [0.717, 1.165) is 44.8 Å². The van der Waals surface area contributed by atoms with Gasteiger partial charge < -0.3 is 9.42 Å². The van der Waals surface area contributed by atoms with Crippen LogP contribution in [-0.4, -0.2) is 52.0 Å². The summed E-state index contributed by atoms with van der Waals surface area (Å²) in [7, 11) is 0. The third-order valence-corrected chi connectivity index (χ3v) is 5.00.